The summed E-state index contributed by atoms with van der Waals surface area (Å²) in [6.45, 7) is 0. The van der Waals surface area contributed by atoms with Crippen molar-refractivity contribution in [1.29, 1.82) is 0 Å². The van der Waals surface area contributed by atoms with Gasteiger partial charge in [0.15, 0.2) is 0 Å². The molecule has 0 aliphatic rings. The van der Waals surface area contributed by atoms with Crippen molar-refractivity contribution in [2.45, 2.75) is 0 Å². The first kappa shape index (κ1) is 8.25. The highest BCUT2D eigenvalue weighted by molar-refractivity contribution is 9.10. The van der Waals surface area contributed by atoms with Gasteiger partial charge >= 0.3 is 0 Å². The minimum absolute atomic E-state index is 0.490. The fourth-order valence-electron chi connectivity index (χ4n) is 0.991. The van der Waals surface area contributed by atoms with E-state index in [9.17, 15) is 0 Å². The summed E-state index contributed by atoms with van der Waals surface area (Å²) in [5.74, 6) is 0.490. The smallest absolute Gasteiger partial charge is 0.137 e. The average Bonchev–Trinajstić information content (AvgIpc) is 2.62. The van der Waals surface area contributed by atoms with Gasteiger partial charge in [-0.2, -0.15) is 0 Å². The van der Waals surface area contributed by atoms with Crippen LogP contribution in [0.5, 0.6) is 0 Å². The zero-order valence-electron chi connectivity index (χ0n) is 6.68. The molecule has 2 heterocycles. The van der Waals surface area contributed by atoms with Crippen LogP contribution in [0.4, 0.5) is 5.82 Å². The van der Waals surface area contributed by atoms with Crippen LogP contribution < -0.4 is 5.73 Å². The molecule has 0 spiro atoms. The van der Waals surface area contributed by atoms with E-state index in [1.165, 1.54) is 0 Å². The van der Waals surface area contributed by atoms with Gasteiger partial charge in [0.05, 0.1) is 22.7 Å². The summed E-state index contributed by atoms with van der Waals surface area (Å²) < 4.78 is 2.65. The lowest BCUT2D eigenvalue weighted by molar-refractivity contribution is 1.04. The number of pyridine rings is 1. The lowest BCUT2D eigenvalue weighted by Crippen LogP contribution is -1.95. The lowest BCUT2D eigenvalue weighted by Gasteiger charge is -2.02. The van der Waals surface area contributed by atoms with Gasteiger partial charge in [0.2, 0.25) is 0 Å². The Bertz CT molecular complexity index is 410. The third-order valence-electron chi connectivity index (χ3n) is 1.66. The van der Waals surface area contributed by atoms with Gasteiger partial charge in [-0.1, -0.05) is 0 Å². The van der Waals surface area contributed by atoms with Crippen LogP contribution in [0.15, 0.2) is 35.5 Å². The first-order valence-corrected chi connectivity index (χ1v) is 4.46. The molecule has 0 saturated heterocycles. The van der Waals surface area contributed by atoms with E-state index in [0.717, 1.165) is 10.2 Å². The van der Waals surface area contributed by atoms with Crippen molar-refractivity contribution in [1.82, 2.24) is 14.5 Å². The first-order valence-electron chi connectivity index (χ1n) is 3.67. The fraction of sp³-hybridized carbons (Fsp3) is 0. The Morgan fingerprint density at radius 2 is 2.31 bits per heavy atom. The molecular formula is C8H7BrN4. The van der Waals surface area contributed by atoms with Gasteiger partial charge in [-0.3, -0.25) is 0 Å². The van der Waals surface area contributed by atoms with E-state index in [1.54, 1.807) is 18.7 Å². The summed E-state index contributed by atoms with van der Waals surface area (Å²) in [7, 11) is 0. The topological polar surface area (TPSA) is 56.7 Å². The number of aromatic nitrogens is 3. The SMILES string of the molecule is Nc1ncc(-n2ccnc2)cc1Br. The zero-order valence-corrected chi connectivity index (χ0v) is 8.27. The van der Waals surface area contributed by atoms with E-state index in [0.29, 0.717) is 5.82 Å². The van der Waals surface area contributed by atoms with Gasteiger partial charge < -0.3 is 10.3 Å². The molecular weight excluding hydrogens is 232 g/mol. The van der Waals surface area contributed by atoms with Crippen LogP contribution in [-0.4, -0.2) is 14.5 Å². The van der Waals surface area contributed by atoms with Gasteiger partial charge in [-0.25, -0.2) is 9.97 Å². The van der Waals surface area contributed by atoms with E-state index in [2.05, 4.69) is 25.9 Å². The fourth-order valence-corrected chi connectivity index (χ4v) is 1.33. The van der Waals surface area contributed by atoms with Crippen molar-refractivity contribution in [3.8, 4) is 5.69 Å². The number of rotatable bonds is 1. The van der Waals surface area contributed by atoms with E-state index in [1.807, 2.05) is 16.8 Å². The molecule has 0 saturated carbocycles. The van der Waals surface area contributed by atoms with Crippen molar-refractivity contribution in [2.75, 3.05) is 5.73 Å². The minimum Gasteiger partial charge on any atom is -0.383 e. The maximum absolute atomic E-state index is 5.56. The number of imidazole rings is 1. The Balaban J connectivity index is 2.49. The second kappa shape index (κ2) is 3.18. The molecule has 4 nitrogen and oxygen atoms in total. The predicted molar refractivity (Wildman–Crippen MR) is 53.5 cm³/mol. The molecule has 2 aromatic rings. The van der Waals surface area contributed by atoms with E-state index in [4.69, 9.17) is 5.73 Å². The second-order valence-electron chi connectivity index (χ2n) is 2.53. The van der Waals surface area contributed by atoms with E-state index < -0.39 is 0 Å². The highest BCUT2D eigenvalue weighted by atomic mass is 79.9. The zero-order chi connectivity index (χ0) is 9.26. The largest absolute Gasteiger partial charge is 0.383 e. The molecule has 13 heavy (non-hydrogen) atoms. The molecule has 0 aliphatic heterocycles. The van der Waals surface area contributed by atoms with Crippen LogP contribution in [0.2, 0.25) is 0 Å². The third kappa shape index (κ3) is 1.55. The third-order valence-corrected chi connectivity index (χ3v) is 2.29. The van der Waals surface area contributed by atoms with Gasteiger partial charge in [0, 0.05) is 12.4 Å². The molecule has 0 radical (unpaired) electrons. The highest BCUT2D eigenvalue weighted by Crippen LogP contribution is 2.19. The molecule has 2 aromatic heterocycles. The van der Waals surface area contributed by atoms with Crippen LogP contribution in [0.3, 0.4) is 0 Å². The van der Waals surface area contributed by atoms with Crippen molar-refractivity contribution >= 4 is 21.7 Å². The Kier molecular flexibility index (Phi) is 2.02. The van der Waals surface area contributed by atoms with Gasteiger partial charge in [-0.15, -0.1) is 0 Å². The average molecular weight is 239 g/mol. The van der Waals surface area contributed by atoms with Gasteiger partial charge in [0.25, 0.3) is 0 Å². The Hall–Kier alpha value is -1.36. The summed E-state index contributed by atoms with van der Waals surface area (Å²) in [4.78, 5) is 7.96. The quantitative estimate of drug-likeness (QED) is 0.822. The molecule has 5 heteroatoms. The van der Waals surface area contributed by atoms with Crippen molar-refractivity contribution in [2.24, 2.45) is 0 Å². The molecule has 0 aromatic carbocycles. The molecule has 0 unspecified atom stereocenters. The van der Waals surface area contributed by atoms with E-state index >= 15 is 0 Å². The molecule has 0 aliphatic carbocycles. The van der Waals surface area contributed by atoms with E-state index in [-0.39, 0.29) is 0 Å². The number of hydrogen-bond acceptors (Lipinski definition) is 3. The van der Waals surface area contributed by atoms with Crippen LogP contribution >= 0.6 is 15.9 Å². The molecule has 0 atom stereocenters. The van der Waals surface area contributed by atoms with Crippen LogP contribution in [0.25, 0.3) is 5.69 Å². The monoisotopic (exact) mass is 238 g/mol. The predicted octanol–water partition coefficient (Wildman–Crippen LogP) is 1.61. The Labute approximate surface area is 83.6 Å². The number of halogens is 1. The number of nitrogens with two attached hydrogens (primary N) is 1. The number of nitrogen functional groups attached to an aromatic ring is 1. The van der Waals surface area contributed by atoms with Gasteiger partial charge in [-0.05, 0) is 22.0 Å². The van der Waals surface area contributed by atoms with Crippen molar-refractivity contribution in [3.63, 3.8) is 0 Å². The van der Waals surface area contributed by atoms with Crippen LogP contribution in [-0.2, 0) is 0 Å². The van der Waals surface area contributed by atoms with Crippen LogP contribution in [0.1, 0.15) is 0 Å². The lowest BCUT2D eigenvalue weighted by atomic mass is 10.4. The summed E-state index contributed by atoms with van der Waals surface area (Å²) in [5.41, 5.74) is 6.49. The molecule has 0 amide bonds. The van der Waals surface area contributed by atoms with Crippen molar-refractivity contribution < 1.29 is 0 Å². The Morgan fingerprint density at radius 3 is 2.92 bits per heavy atom. The Morgan fingerprint density at radius 1 is 1.46 bits per heavy atom. The standard InChI is InChI=1S/C8H7BrN4/c9-7-3-6(4-12-8(7)10)13-2-1-11-5-13/h1-5H,(H2,10,12). The molecule has 2 rings (SSSR count). The number of hydrogen-bond donors (Lipinski definition) is 1. The summed E-state index contributed by atoms with van der Waals surface area (Å²) >= 11 is 3.31. The number of nitrogens with zero attached hydrogens (tertiary/aromatic N) is 3. The molecule has 0 fully saturated rings. The van der Waals surface area contributed by atoms with Crippen molar-refractivity contribution in [3.05, 3.63) is 35.5 Å². The summed E-state index contributed by atoms with van der Waals surface area (Å²) in [5, 5.41) is 0. The second-order valence-corrected chi connectivity index (χ2v) is 3.38. The maximum Gasteiger partial charge on any atom is 0.137 e. The number of anilines is 1. The highest BCUT2D eigenvalue weighted by Gasteiger charge is 2.00. The summed E-state index contributed by atoms with van der Waals surface area (Å²) in [6.07, 6.45) is 6.96. The maximum atomic E-state index is 5.56. The molecule has 0 bridgehead atoms. The normalized spacial score (nSPS) is 10.2. The van der Waals surface area contributed by atoms with Crippen LogP contribution in [0, 0.1) is 0 Å². The van der Waals surface area contributed by atoms with Gasteiger partial charge in [0.1, 0.15) is 5.82 Å². The minimum atomic E-state index is 0.490. The summed E-state index contributed by atoms with van der Waals surface area (Å²) in [6, 6.07) is 1.89. The molecule has 2 N–H and O–H groups in total. The molecule has 66 valence electrons. The first-order chi connectivity index (χ1) is 6.27.